The summed E-state index contributed by atoms with van der Waals surface area (Å²) in [5.41, 5.74) is 22.4. The second-order valence-corrected chi connectivity index (χ2v) is 10.6. The molecule has 1 amide bonds. The van der Waals surface area contributed by atoms with Gasteiger partial charge in [-0.2, -0.15) is 0 Å². The Kier molecular flexibility index (Phi) is 8.03. The summed E-state index contributed by atoms with van der Waals surface area (Å²) in [6, 6.07) is 9.10. The number of carbonyl (C=O) groups excluding carboxylic acids is 1. The molecule has 208 valence electrons. The first-order valence-electron chi connectivity index (χ1n) is 13.1. The average molecular weight is 534 g/mol. The Bertz CT molecular complexity index is 1290. The molecule has 1 spiro atoms. The maximum atomic E-state index is 12.0. The fraction of sp³-hybridized carbons (Fsp3) is 0.414. The minimum absolute atomic E-state index is 0.0848. The first-order chi connectivity index (χ1) is 18.6. The molecular weight excluding hydrogens is 494 g/mol. The number of rotatable bonds is 7. The standard InChI is InChI=1S/C29H39N7O3/c1-18(13-30)26(19(2)31)20(3)39-22-7-8-24(32)23(12-22)27(33)21-6-9-25(34-14-21)36-16-29(17-36)10-5-11-35(15-29)28(37)38-4/h6-9,12-14,20,33H,5,10-11,15-17,30-32H2,1-4H3/b18-13-,26-19?,33-27?/t20-/m1/s1. The van der Waals surface area contributed by atoms with Crippen molar-refractivity contribution in [2.45, 2.75) is 39.7 Å². The topological polar surface area (TPSA) is 157 Å². The summed E-state index contributed by atoms with van der Waals surface area (Å²) in [5, 5.41) is 8.82. The molecule has 0 saturated carbocycles. The van der Waals surface area contributed by atoms with Gasteiger partial charge < -0.3 is 36.5 Å². The number of aromatic nitrogens is 1. The minimum Gasteiger partial charge on any atom is -0.486 e. The number of amides is 1. The van der Waals surface area contributed by atoms with Crippen LogP contribution in [0.2, 0.25) is 0 Å². The molecular formula is C29H39N7O3. The average Bonchev–Trinajstić information content (AvgIpc) is 2.91. The highest BCUT2D eigenvalue weighted by molar-refractivity contribution is 6.13. The van der Waals surface area contributed by atoms with E-state index in [0.29, 0.717) is 34.8 Å². The Hall–Kier alpha value is -4.21. The Morgan fingerprint density at radius 1 is 1.21 bits per heavy atom. The van der Waals surface area contributed by atoms with Crippen molar-refractivity contribution in [2.75, 3.05) is 43.9 Å². The maximum Gasteiger partial charge on any atom is 0.409 e. The van der Waals surface area contributed by atoms with E-state index in [0.717, 1.165) is 49.4 Å². The lowest BCUT2D eigenvalue weighted by atomic mass is 9.73. The summed E-state index contributed by atoms with van der Waals surface area (Å²) < 4.78 is 11.1. The summed E-state index contributed by atoms with van der Waals surface area (Å²) in [4.78, 5) is 20.6. The molecule has 0 aliphatic carbocycles. The number of carbonyl (C=O) groups is 1. The summed E-state index contributed by atoms with van der Waals surface area (Å²) in [6.07, 6.45) is 4.67. The third-order valence-electron chi connectivity index (χ3n) is 7.62. The van der Waals surface area contributed by atoms with E-state index in [4.69, 9.17) is 32.1 Å². The van der Waals surface area contributed by atoms with Gasteiger partial charge in [-0.1, -0.05) is 0 Å². The van der Waals surface area contributed by atoms with Crippen LogP contribution in [0.5, 0.6) is 5.75 Å². The molecule has 1 aromatic carbocycles. The van der Waals surface area contributed by atoms with Crippen LogP contribution in [0.15, 0.2) is 59.6 Å². The molecule has 0 radical (unpaired) electrons. The van der Waals surface area contributed by atoms with Crippen molar-refractivity contribution in [1.29, 1.82) is 5.41 Å². The van der Waals surface area contributed by atoms with E-state index in [1.165, 1.54) is 13.3 Å². The first kappa shape index (κ1) is 27.8. The van der Waals surface area contributed by atoms with E-state index in [1.807, 2.05) is 32.9 Å². The van der Waals surface area contributed by atoms with Gasteiger partial charge in [0, 0.05) is 65.9 Å². The van der Waals surface area contributed by atoms with Crippen LogP contribution >= 0.6 is 0 Å². The van der Waals surface area contributed by atoms with Gasteiger partial charge in [-0.15, -0.1) is 0 Å². The zero-order valence-electron chi connectivity index (χ0n) is 23.2. The van der Waals surface area contributed by atoms with Crippen molar-refractivity contribution in [3.63, 3.8) is 0 Å². The number of nitrogens with zero attached hydrogens (tertiary/aromatic N) is 3. The second-order valence-electron chi connectivity index (χ2n) is 10.6. The summed E-state index contributed by atoms with van der Waals surface area (Å²) in [5.74, 6) is 1.43. The van der Waals surface area contributed by atoms with Crippen LogP contribution in [0, 0.1) is 10.8 Å². The fourth-order valence-corrected chi connectivity index (χ4v) is 5.68. The molecule has 4 rings (SSSR count). The van der Waals surface area contributed by atoms with Crippen molar-refractivity contribution in [1.82, 2.24) is 9.88 Å². The van der Waals surface area contributed by atoms with Gasteiger partial charge >= 0.3 is 6.09 Å². The molecule has 0 unspecified atom stereocenters. The molecule has 7 N–H and O–H groups in total. The molecule has 10 nitrogen and oxygen atoms in total. The minimum atomic E-state index is -0.343. The van der Waals surface area contributed by atoms with Gasteiger partial charge in [-0.05, 0) is 75.7 Å². The van der Waals surface area contributed by atoms with Gasteiger partial charge in [0.1, 0.15) is 17.7 Å². The molecule has 2 aliphatic heterocycles. The number of anilines is 2. The van der Waals surface area contributed by atoms with E-state index in [1.54, 1.807) is 29.3 Å². The number of nitrogens with one attached hydrogen (secondary N) is 1. The number of allylic oxidation sites excluding steroid dienone is 1. The lowest BCUT2D eigenvalue weighted by Gasteiger charge is -2.54. The number of ether oxygens (including phenoxy) is 2. The quantitative estimate of drug-likeness (QED) is 0.239. The fourth-order valence-electron chi connectivity index (χ4n) is 5.68. The van der Waals surface area contributed by atoms with E-state index in [2.05, 4.69) is 9.88 Å². The van der Waals surface area contributed by atoms with Crippen molar-refractivity contribution < 1.29 is 14.3 Å². The van der Waals surface area contributed by atoms with Gasteiger partial charge in [0.05, 0.1) is 12.8 Å². The van der Waals surface area contributed by atoms with Crippen LogP contribution < -0.4 is 26.8 Å². The molecule has 2 aliphatic rings. The monoisotopic (exact) mass is 533 g/mol. The van der Waals surface area contributed by atoms with Gasteiger partial charge in [0.2, 0.25) is 0 Å². The highest BCUT2D eigenvalue weighted by Crippen LogP contribution is 2.41. The molecule has 1 atom stereocenters. The molecule has 10 heteroatoms. The molecule has 39 heavy (non-hydrogen) atoms. The first-order valence-corrected chi connectivity index (χ1v) is 13.1. The Morgan fingerprint density at radius 3 is 2.56 bits per heavy atom. The lowest BCUT2D eigenvalue weighted by Crippen LogP contribution is -2.63. The van der Waals surface area contributed by atoms with E-state index < -0.39 is 0 Å². The van der Waals surface area contributed by atoms with E-state index in [-0.39, 0.29) is 23.3 Å². The molecule has 1 aromatic heterocycles. The summed E-state index contributed by atoms with van der Waals surface area (Å²) in [6.45, 7) is 8.74. The third-order valence-corrected chi connectivity index (χ3v) is 7.62. The van der Waals surface area contributed by atoms with Crippen molar-refractivity contribution >= 4 is 23.3 Å². The van der Waals surface area contributed by atoms with Gasteiger partial charge in [-0.3, -0.25) is 5.41 Å². The highest BCUT2D eigenvalue weighted by Gasteiger charge is 2.47. The number of nitrogen functional groups attached to an aromatic ring is 1. The summed E-state index contributed by atoms with van der Waals surface area (Å²) >= 11 is 0. The van der Waals surface area contributed by atoms with Crippen LogP contribution in [0.3, 0.4) is 0 Å². The zero-order chi connectivity index (χ0) is 28.3. The smallest absolute Gasteiger partial charge is 0.409 e. The number of hydrogen-bond acceptors (Lipinski definition) is 9. The normalized spacial score (nSPS) is 18.2. The summed E-state index contributed by atoms with van der Waals surface area (Å²) in [7, 11) is 1.43. The highest BCUT2D eigenvalue weighted by atomic mass is 16.5. The van der Waals surface area contributed by atoms with Crippen LogP contribution in [0.1, 0.15) is 44.7 Å². The van der Waals surface area contributed by atoms with E-state index in [9.17, 15) is 4.79 Å². The SMILES string of the molecule is COC(=O)N1CCCC2(C1)CN(c1ccc(C(=N)c3cc(O[C@H](C)C(=C(C)N)/C(C)=C\N)ccc3N)cn1)C2. The maximum absolute atomic E-state index is 12.0. The van der Waals surface area contributed by atoms with Crippen molar-refractivity contribution in [3.05, 3.63) is 70.7 Å². The number of piperidine rings is 1. The predicted molar refractivity (Wildman–Crippen MR) is 154 cm³/mol. The third kappa shape index (κ3) is 5.79. The van der Waals surface area contributed by atoms with Crippen LogP contribution in [0.4, 0.5) is 16.3 Å². The molecule has 0 bridgehead atoms. The Morgan fingerprint density at radius 2 is 1.95 bits per heavy atom. The number of hydrogen-bond donors (Lipinski definition) is 4. The van der Waals surface area contributed by atoms with Crippen LogP contribution in [-0.4, -0.2) is 61.1 Å². The largest absolute Gasteiger partial charge is 0.486 e. The Balaban J connectivity index is 1.44. The number of pyridine rings is 1. The van der Waals surface area contributed by atoms with Gasteiger partial charge in [-0.25, -0.2) is 9.78 Å². The van der Waals surface area contributed by atoms with Crippen molar-refractivity contribution in [2.24, 2.45) is 16.9 Å². The second kappa shape index (κ2) is 11.3. The molecule has 3 heterocycles. The molecule has 2 fully saturated rings. The van der Waals surface area contributed by atoms with Crippen molar-refractivity contribution in [3.8, 4) is 5.75 Å². The zero-order valence-corrected chi connectivity index (χ0v) is 23.2. The number of likely N-dealkylation sites (tertiary alicyclic amines) is 1. The number of methoxy groups -OCH3 is 1. The van der Waals surface area contributed by atoms with Crippen LogP contribution in [-0.2, 0) is 4.74 Å². The number of benzene rings is 1. The number of nitrogens with two attached hydrogens (primary N) is 3. The van der Waals surface area contributed by atoms with E-state index >= 15 is 0 Å². The molecule has 2 saturated heterocycles. The van der Waals surface area contributed by atoms with Gasteiger partial charge in [0.15, 0.2) is 0 Å². The van der Waals surface area contributed by atoms with Crippen LogP contribution in [0.25, 0.3) is 0 Å². The lowest BCUT2D eigenvalue weighted by molar-refractivity contribution is 0.0501. The van der Waals surface area contributed by atoms with Gasteiger partial charge in [0.25, 0.3) is 0 Å². The predicted octanol–water partition coefficient (Wildman–Crippen LogP) is 3.61. The molecule has 2 aromatic rings. The Labute approximate surface area is 229 Å².